The minimum Gasteiger partial charge on any atom is -0.321 e. The van der Waals surface area contributed by atoms with Crippen LogP contribution in [0.2, 0.25) is 0 Å². The lowest BCUT2D eigenvalue weighted by Crippen LogP contribution is -2.21. The maximum Gasteiger partial charge on any atom is 0.248 e. The Morgan fingerprint density at radius 2 is 1.66 bits per heavy atom. The van der Waals surface area contributed by atoms with Gasteiger partial charge in [0.05, 0.1) is 23.6 Å². The number of benzene rings is 2. The van der Waals surface area contributed by atoms with Gasteiger partial charge in [-0.1, -0.05) is 60.7 Å². The van der Waals surface area contributed by atoms with Crippen molar-refractivity contribution < 1.29 is 4.79 Å². The highest BCUT2D eigenvalue weighted by molar-refractivity contribution is 5.91. The van der Waals surface area contributed by atoms with E-state index in [4.69, 9.17) is 0 Å². The molecule has 0 aliphatic heterocycles. The highest BCUT2D eigenvalue weighted by Crippen LogP contribution is 2.20. The molecule has 0 unspecified atom stereocenters. The summed E-state index contributed by atoms with van der Waals surface area (Å²) in [7, 11) is 0. The van der Waals surface area contributed by atoms with Gasteiger partial charge in [-0.3, -0.25) is 9.48 Å². The predicted molar refractivity (Wildman–Crippen MR) is 109 cm³/mol. The molecule has 1 amide bonds. The van der Waals surface area contributed by atoms with Gasteiger partial charge in [-0.2, -0.15) is 9.90 Å². The molecule has 0 spiro atoms. The zero-order valence-corrected chi connectivity index (χ0v) is 16.3. The Balaban J connectivity index is 1.44. The first-order valence-electron chi connectivity index (χ1n) is 9.31. The summed E-state index contributed by atoms with van der Waals surface area (Å²) in [6.07, 6.45) is 0. The van der Waals surface area contributed by atoms with E-state index in [1.54, 1.807) is 0 Å². The highest BCUT2D eigenvalue weighted by Gasteiger charge is 2.16. The largest absolute Gasteiger partial charge is 0.321 e. The maximum atomic E-state index is 12.5. The van der Waals surface area contributed by atoms with E-state index in [2.05, 4.69) is 38.0 Å². The second kappa shape index (κ2) is 8.05. The molecule has 2 aromatic heterocycles. The maximum absolute atomic E-state index is 12.5. The van der Waals surface area contributed by atoms with E-state index in [1.165, 1.54) is 4.80 Å². The normalized spacial score (nSPS) is 10.8. The minimum absolute atomic E-state index is 0.0252. The summed E-state index contributed by atoms with van der Waals surface area (Å²) in [5.41, 5.74) is 4.39. The molecule has 4 rings (SSSR count). The van der Waals surface area contributed by atoms with Gasteiger partial charge >= 0.3 is 0 Å². The van der Waals surface area contributed by atoms with E-state index < -0.39 is 0 Å². The van der Waals surface area contributed by atoms with Crippen molar-refractivity contribution in [3.63, 3.8) is 0 Å². The summed E-state index contributed by atoms with van der Waals surface area (Å²) in [6, 6.07) is 19.6. The van der Waals surface area contributed by atoms with Gasteiger partial charge in [0, 0.05) is 5.56 Å². The summed E-state index contributed by atoms with van der Waals surface area (Å²) in [5.74, 6) is 0.258. The highest BCUT2D eigenvalue weighted by atomic mass is 16.2. The van der Waals surface area contributed by atoms with Gasteiger partial charge in [0.15, 0.2) is 0 Å². The van der Waals surface area contributed by atoms with Crippen LogP contribution in [0, 0.1) is 13.8 Å². The first-order chi connectivity index (χ1) is 14.1. The lowest BCUT2D eigenvalue weighted by Gasteiger charge is -2.07. The van der Waals surface area contributed by atoms with Crippen LogP contribution in [0.5, 0.6) is 0 Å². The molecule has 8 heteroatoms. The molecule has 0 bridgehead atoms. The molecule has 0 atom stereocenters. The van der Waals surface area contributed by atoms with E-state index >= 15 is 0 Å². The van der Waals surface area contributed by atoms with Crippen LogP contribution in [0.25, 0.3) is 11.4 Å². The SMILES string of the molecule is Cc1nn(Cc2ccccc2)c(C)c1NC(=O)Cn1nnc(-c2ccccc2)n1. The molecular formula is C21H21N7O. The van der Waals surface area contributed by atoms with Gasteiger partial charge in [-0.15, -0.1) is 10.2 Å². The third kappa shape index (κ3) is 4.21. The zero-order chi connectivity index (χ0) is 20.2. The molecule has 0 aliphatic carbocycles. The van der Waals surface area contributed by atoms with Crippen LogP contribution >= 0.6 is 0 Å². The van der Waals surface area contributed by atoms with Gasteiger partial charge in [0.2, 0.25) is 11.7 Å². The van der Waals surface area contributed by atoms with Gasteiger partial charge in [0.25, 0.3) is 0 Å². The van der Waals surface area contributed by atoms with Crippen molar-refractivity contribution in [3.8, 4) is 11.4 Å². The van der Waals surface area contributed by atoms with Crippen molar-refractivity contribution in [1.29, 1.82) is 0 Å². The molecule has 0 radical (unpaired) electrons. The fourth-order valence-corrected chi connectivity index (χ4v) is 3.11. The molecule has 2 heterocycles. The van der Waals surface area contributed by atoms with Crippen LogP contribution in [0.4, 0.5) is 5.69 Å². The van der Waals surface area contributed by atoms with Gasteiger partial charge < -0.3 is 5.32 Å². The fourth-order valence-electron chi connectivity index (χ4n) is 3.11. The second-order valence-corrected chi connectivity index (χ2v) is 6.75. The van der Waals surface area contributed by atoms with Crippen molar-refractivity contribution >= 4 is 11.6 Å². The summed E-state index contributed by atoms with van der Waals surface area (Å²) in [4.78, 5) is 13.8. The number of anilines is 1. The number of aromatic nitrogens is 6. The summed E-state index contributed by atoms with van der Waals surface area (Å²) in [6.45, 7) is 4.45. The average molecular weight is 387 g/mol. The number of amides is 1. The molecule has 146 valence electrons. The topological polar surface area (TPSA) is 90.5 Å². The summed E-state index contributed by atoms with van der Waals surface area (Å²) >= 11 is 0. The predicted octanol–water partition coefficient (Wildman–Crippen LogP) is 2.84. The Morgan fingerprint density at radius 1 is 0.966 bits per heavy atom. The Kier molecular flexibility index (Phi) is 5.15. The van der Waals surface area contributed by atoms with E-state index in [0.29, 0.717) is 18.1 Å². The summed E-state index contributed by atoms with van der Waals surface area (Å²) in [5, 5.41) is 19.8. The van der Waals surface area contributed by atoms with Crippen molar-refractivity contribution in [2.75, 3.05) is 5.32 Å². The van der Waals surface area contributed by atoms with Crippen LogP contribution in [-0.4, -0.2) is 35.9 Å². The van der Waals surface area contributed by atoms with Crippen molar-refractivity contribution in [1.82, 2.24) is 30.0 Å². The molecule has 0 saturated carbocycles. The lowest BCUT2D eigenvalue weighted by molar-refractivity contribution is -0.117. The first-order valence-corrected chi connectivity index (χ1v) is 9.31. The number of rotatable bonds is 6. The molecule has 2 aromatic carbocycles. The Labute approximate surface area is 168 Å². The molecule has 8 nitrogen and oxygen atoms in total. The fraction of sp³-hybridized carbons (Fsp3) is 0.190. The lowest BCUT2D eigenvalue weighted by atomic mass is 10.2. The van der Waals surface area contributed by atoms with E-state index in [1.807, 2.05) is 67.1 Å². The standard InChI is InChI=1S/C21H21N7O/c1-15-20(16(2)27(24-15)13-17-9-5-3-6-10-17)22-19(29)14-28-25-21(23-26-28)18-11-7-4-8-12-18/h3-12H,13-14H2,1-2H3,(H,22,29). The molecule has 0 fully saturated rings. The molecule has 0 saturated heterocycles. The Morgan fingerprint density at radius 3 is 2.38 bits per heavy atom. The third-order valence-corrected chi connectivity index (χ3v) is 4.59. The third-order valence-electron chi connectivity index (χ3n) is 4.59. The van der Waals surface area contributed by atoms with Crippen molar-refractivity contribution in [3.05, 3.63) is 77.6 Å². The van der Waals surface area contributed by atoms with Crippen LogP contribution in [-0.2, 0) is 17.9 Å². The number of hydrogen-bond acceptors (Lipinski definition) is 5. The van der Waals surface area contributed by atoms with Crippen LogP contribution in [0.3, 0.4) is 0 Å². The van der Waals surface area contributed by atoms with E-state index in [0.717, 1.165) is 22.5 Å². The number of nitrogens with one attached hydrogen (secondary N) is 1. The Bertz CT molecular complexity index is 1120. The molecular weight excluding hydrogens is 366 g/mol. The Hall–Kier alpha value is -3.81. The van der Waals surface area contributed by atoms with E-state index in [9.17, 15) is 4.79 Å². The van der Waals surface area contributed by atoms with Gasteiger partial charge in [0.1, 0.15) is 6.54 Å². The molecule has 1 N–H and O–H groups in total. The van der Waals surface area contributed by atoms with Crippen LogP contribution in [0.1, 0.15) is 17.0 Å². The first kappa shape index (κ1) is 18.5. The smallest absolute Gasteiger partial charge is 0.248 e. The second-order valence-electron chi connectivity index (χ2n) is 6.75. The number of carbonyl (C=O) groups is 1. The van der Waals surface area contributed by atoms with Crippen LogP contribution < -0.4 is 5.32 Å². The molecule has 4 aromatic rings. The monoisotopic (exact) mass is 387 g/mol. The zero-order valence-electron chi connectivity index (χ0n) is 16.3. The van der Waals surface area contributed by atoms with Crippen molar-refractivity contribution in [2.45, 2.75) is 26.9 Å². The van der Waals surface area contributed by atoms with Gasteiger partial charge in [-0.25, -0.2) is 0 Å². The number of carbonyl (C=O) groups excluding carboxylic acids is 1. The summed E-state index contributed by atoms with van der Waals surface area (Å²) < 4.78 is 1.89. The average Bonchev–Trinajstić information content (AvgIpc) is 3.30. The molecule has 0 aliphatic rings. The number of aryl methyl sites for hydroxylation is 1. The van der Waals surface area contributed by atoms with E-state index in [-0.39, 0.29) is 12.5 Å². The minimum atomic E-state index is -0.229. The quantitative estimate of drug-likeness (QED) is 0.549. The number of tetrazole rings is 1. The van der Waals surface area contributed by atoms with Gasteiger partial charge in [-0.05, 0) is 24.6 Å². The van der Waals surface area contributed by atoms with Crippen LogP contribution in [0.15, 0.2) is 60.7 Å². The number of hydrogen-bond donors (Lipinski definition) is 1. The number of nitrogens with zero attached hydrogens (tertiary/aromatic N) is 6. The van der Waals surface area contributed by atoms with Crippen molar-refractivity contribution in [2.24, 2.45) is 0 Å². The molecule has 29 heavy (non-hydrogen) atoms.